The smallest absolute Gasteiger partial charge is 0.338 e. The lowest BCUT2D eigenvalue weighted by Crippen LogP contribution is -2.18. The normalized spacial score (nSPS) is 10.5. The monoisotopic (exact) mass is 377 g/mol. The minimum Gasteiger partial charge on any atom is -0.457 e. The summed E-state index contributed by atoms with van der Waals surface area (Å²) in [6.07, 6.45) is 0. The minimum atomic E-state index is -0.326. The topological polar surface area (TPSA) is 47.6 Å². The Morgan fingerprint density at radius 1 is 1.13 bits per heavy atom. The lowest BCUT2D eigenvalue weighted by atomic mass is 10.1. The first-order valence-corrected chi connectivity index (χ1v) is 8.18. The Kier molecular flexibility index (Phi) is 7.26. The highest BCUT2D eigenvalue weighted by atomic mass is 79.9. The summed E-state index contributed by atoms with van der Waals surface area (Å²) in [4.78, 5) is 12.2. The molecule has 0 saturated carbocycles. The first-order chi connectivity index (χ1) is 11.2. The highest BCUT2D eigenvalue weighted by molar-refractivity contribution is 9.10. The molecule has 0 bridgehead atoms. The molecule has 2 aromatic carbocycles. The molecule has 0 aliphatic carbocycles. The first-order valence-electron chi connectivity index (χ1n) is 7.39. The van der Waals surface area contributed by atoms with Crippen LogP contribution in [0.3, 0.4) is 0 Å². The summed E-state index contributed by atoms with van der Waals surface area (Å²) in [6.45, 7) is 2.35. The summed E-state index contributed by atoms with van der Waals surface area (Å²) < 4.78 is 11.2. The Labute approximate surface area is 144 Å². The molecule has 0 radical (unpaired) electrons. The second-order valence-electron chi connectivity index (χ2n) is 5.08. The molecule has 122 valence electrons. The van der Waals surface area contributed by atoms with E-state index in [1.807, 2.05) is 42.5 Å². The highest BCUT2D eigenvalue weighted by Gasteiger charge is 2.10. The van der Waals surface area contributed by atoms with Crippen molar-refractivity contribution in [2.45, 2.75) is 13.2 Å². The molecule has 0 spiro atoms. The predicted molar refractivity (Wildman–Crippen MR) is 93.3 cm³/mol. The maximum absolute atomic E-state index is 12.2. The Morgan fingerprint density at radius 3 is 2.65 bits per heavy atom. The van der Waals surface area contributed by atoms with Crippen LogP contribution in [0.5, 0.6) is 0 Å². The van der Waals surface area contributed by atoms with Crippen LogP contribution in [0.15, 0.2) is 53.0 Å². The Balaban J connectivity index is 1.95. The lowest BCUT2D eigenvalue weighted by molar-refractivity contribution is 0.0472. The number of nitrogens with one attached hydrogen (secondary N) is 1. The van der Waals surface area contributed by atoms with Crippen molar-refractivity contribution in [3.63, 3.8) is 0 Å². The molecule has 23 heavy (non-hydrogen) atoms. The van der Waals surface area contributed by atoms with E-state index in [1.165, 1.54) is 0 Å². The molecule has 0 amide bonds. The largest absolute Gasteiger partial charge is 0.457 e. The van der Waals surface area contributed by atoms with Crippen LogP contribution < -0.4 is 5.32 Å². The van der Waals surface area contributed by atoms with Crippen LogP contribution >= 0.6 is 15.9 Å². The number of hydrogen-bond acceptors (Lipinski definition) is 4. The fourth-order valence-electron chi connectivity index (χ4n) is 2.08. The summed E-state index contributed by atoms with van der Waals surface area (Å²) in [5.74, 6) is -0.326. The number of halogens is 1. The Hall–Kier alpha value is -1.69. The number of carbonyl (C=O) groups excluding carboxylic acids is 1. The second kappa shape index (κ2) is 9.45. The fraction of sp³-hybridized carbons (Fsp3) is 0.278. The molecule has 0 heterocycles. The van der Waals surface area contributed by atoms with E-state index in [1.54, 1.807) is 13.2 Å². The molecule has 0 fully saturated rings. The molecule has 4 nitrogen and oxygen atoms in total. The van der Waals surface area contributed by atoms with Crippen molar-refractivity contribution in [3.8, 4) is 0 Å². The van der Waals surface area contributed by atoms with Crippen molar-refractivity contribution in [2.24, 2.45) is 0 Å². The molecule has 2 aromatic rings. The quantitative estimate of drug-likeness (QED) is 0.564. The fourth-order valence-corrected chi connectivity index (χ4v) is 2.62. The van der Waals surface area contributed by atoms with Gasteiger partial charge in [0.25, 0.3) is 0 Å². The zero-order valence-corrected chi connectivity index (χ0v) is 14.6. The number of esters is 1. The first kappa shape index (κ1) is 17.7. The number of carbonyl (C=O) groups is 1. The highest BCUT2D eigenvalue weighted by Crippen LogP contribution is 2.17. The van der Waals surface area contributed by atoms with Gasteiger partial charge in [0.1, 0.15) is 6.61 Å². The van der Waals surface area contributed by atoms with Crippen LogP contribution in [0.4, 0.5) is 0 Å². The van der Waals surface area contributed by atoms with E-state index in [-0.39, 0.29) is 12.6 Å². The van der Waals surface area contributed by atoms with Gasteiger partial charge in [0.15, 0.2) is 0 Å². The van der Waals surface area contributed by atoms with E-state index in [0.29, 0.717) is 18.7 Å². The van der Waals surface area contributed by atoms with Gasteiger partial charge in [0.2, 0.25) is 0 Å². The molecular weight excluding hydrogens is 358 g/mol. The van der Waals surface area contributed by atoms with Crippen molar-refractivity contribution in [1.82, 2.24) is 5.32 Å². The predicted octanol–water partition coefficient (Wildman–Crippen LogP) is 3.54. The van der Waals surface area contributed by atoms with Crippen LogP contribution in [0.1, 0.15) is 21.5 Å². The molecule has 2 rings (SSSR count). The summed E-state index contributed by atoms with van der Waals surface area (Å²) in [6, 6.07) is 15.2. The molecule has 1 N–H and O–H groups in total. The molecule has 0 unspecified atom stereocenters. The number of methoxy groups -OCH3 is 1. The third-order valence-electron chi connectivity index (χ3n) is 3.22. The van der Waals surface area contributed by atoms with Crippen molar-refractivity contribution in [1.29, 1.82) is 0 Å². The van der Waals surface area contributed by atoms with E-state index >= 15 is 0 Å². The molecule has 0 aliphatic rings. The third kappa shape index (κ3) is 6.14. The van der Waals surface area contributed by atoms with Gasteiger partial charge in [-0.1, -0.05) is 46.3 Å². The molecule has 0 saturated heterocycles. The number of benzene rings is 2. The number of hydrogen-bond donors (Lipinski definition) is 1. The molecular formula is C18H20BrNO3. The maximum atomic E-state index is 12.2. The zero-order chi connectivity index (χ0) is 16.5. The van der Waals surface area contributed by atoms with E-state index in [2.05, 4.69) is 21.2 Å². The van der Waals surface area contributed by atoms with Gasteiger partial charge in [-0.3, -0.25) is 0 Å². The van der Waals surface area contributed by atoms with E-state index in [9.17, 15) is 4.79 Å². The second-order valence-corrected chi connectivity index (χ2v) is 6.00. The van der Waals surface area contributed by atoms with Gasteiger partial charge < -0.3 is 14.8 Å². The zero-order valence-electron chi connectivity index (χ0n) is 13.0. The van der Waals surface area contributed by atoms with Gasteiger partial charge in [0, 0.05) is 24.7 Å². The van der Waals surface area contributed by atoms with Crippen LogP contribution in [0.25, 0.3) is 0 Å². The van der Waals surface area contributed by atoms with Gasteiger partial charge in [-0.05, 0) is 29.3 Å². The van der Waals surface area contributed by atoms with Gasteiger partial charge in [-0.25, -0.2) is 4.79 Å². The van der Waals surface area contributed by atoms with Gasteiger partial charge in [-0.2, -0.15) is 0 Å². The standard InChI is InChI=1S/C18H20BrNO3/c1-22-8-7-20-12-15-9-16(11-17(19)10-15)18(21)23-13-14-5-3-2-4-6-14/h2-6,9-11,20H,7-8,12-13H2,1H3. The van der Waals surface area contributed by atoms with Gasteiger partial charge in [0.05, 0.1) is 12.2 Å². The van der Waals surface area contributed by atoms with Crippen LogP contribution in [-0.2, 0) is 22.6 Å². The Bertz CT molecular complexity index is 631. The summed E-state index contributed by atoms with van der Waals surface area (Å²) in [5.41, 5.74) is 2.53. The maximum Gasteiger partial charge on any atom is 0.338 e. The van der Waals surface area contributed by atoms with Crippen LogP contribution in [0, 0.1) is 0 Å². The van der Waals surface area contributed by atoms with Crippen LogP contribution in [0.2, 0.25) is 0 Å². The average Bonchev–Trinajstić information content (AvgIpc) is 2.57. The van der Waals surface area contributed by atoms with Gasteiger partial charge in [-0.15, -0.1) is 0 Å². The van der Waals surface area contributed by atoms with Crippen molar-refractivity contribution >= 4 is 21.9 Å². The summed E-state index contributed by atoms with van der Waals surface area (Å²) >= 11 is 3.44. The molecule has 0 aromatic heterocycles. The third-order valence-corrected chi connectivity index (χ3v) is 3.68. The Morgan fingerprint density at radius 2 is 1.91 bits per heavy atom. The summed E-state index contributed by atoms with van der Waals surface area (Å²) in [7, 11) is 1.67. The molecule has 0 aliphatic heterocycles. The summed E-state index contributed by atoms with van der Waals surface area (Å²) in [5, 5.41) is 3.26. The molecule has 5 heteroatoms. The number of rotatable bonds is 8. The van der Waals surface area contributed by atoms with Crippen molar-refractivity contribution < 1.29 is 14.3 Å². The van der Waals surface area contributed by atoms with Crippen molar-refractivity contribution in [3.05, 3.63) is 69.7 Å². The van der Waals surface area contributed by atoms with Gasteiger partial charge >= 0.3 is 5.97 Å². The van der Waals surface area contributed by atoms with E-state index < -0.39 is 0 Å². The minimum absolute atomic E-state index is 0.271. The van der Waals surface area contributed by atoms with E-state index in [4.69, 9.17) is 9.47 Å². The SMILES string of the molecule is COCCNCc1cc(Br)cc(C(=O)OCc2ccccc2)c1. The average molecular weight is 378 g/mol. The lowest BCUT2D eigenvalue weighted by Gasteiger charge is -2.09. The number of ether oxygens (including phenoxy) is 2. The van der Waals surface area contributed by atoms with Crippen LogP contribution in [-0.4, -0.2) is 26.2 Å². The molecule has 0 atom stereocenters. The van der Waals surface area contributed by atoms with E-state index in [0.717, 1.165) is 22.1 Å². The van der Waals surface area contributed by atoms with Crippen molar-refractivity contribution in [2.75, 3.05) is 20.3 Å².